The molecule has 5 nitrogen and oxygen atoms in total. The van der Waals surface area contributed by atoms with E-state index in [0.29, 0.717) is 19.8 Å². The Morgan fingerprint density at radius 2 is 1.44 bits per heavy atom. The SMILES string of the molecule is CCO[Si](CCCCC1CCC(CCc2ccc(C=CC(=O)OC)cc2)CC1)(OCC)OCC. The molecule has 0 unspecified atom stereocenters. The summed E-state index contributed by atoms with van der Waals surface area (Å²) in [5.41, 5.74) is 2.40. The van der Waals surface area contributed by atoms with E-state index in [-0.39, 0.29) is 5.97 Å². The number of aryl methyl sites for hydroxylation is 1. The van der Waals surface area contributed by atoms with Gasteiger partial charge in [-0.05, 0) is 69.1 Å². The average Bonchev–Trinajstić information content (AvgIpc) is 2.86. The lowest BCUT2D eigenvalue weighted by Crippen LogP contribution is -2.45. The molecule has 34 heavy (non-hydrogen) atoms. The molecule has 2 rings (SSSR count). The van der Waals surface area contributed by atoms with Crippen LogP contribution < -0.4 is 0 Å². The maximum Gasteiger partial charge on any atom is 0.500 e. The van der Waals surface area contributed by atoms with Crippen molar-refractivity contribution in [1.82, 2.24) is 0 Å². The van der Waals surface area contributed by atoms with Gasteiger partial charge in [0, 0.05) is 31.9 Å². The molecule has 1 aromatic rings. The fourth-order valence-corrected chi connectivity index (χ4v) is 7.67. The molecule has 0 radical (unpaired) electrons. The molecule has 0 heterocycles. The Morgan fingerprint density at radius 1 is 0.882 bits per heavy atom. The van der Waals surface area contributed by atoms with Crippen LogP contribution in [0.25, 0.3) is 6.08 Å². The highest BCUT2D eigenvalue weighted by Crippen LogP contribution is 2.34. The number of ether oxygens (including phenoxy) is 1. The second kappa shape index (κ2) is 16.2. The summed E-state index contributed by atoms with van der Waals surface area (Å²) < 4.78 is 22.6. The Kier molecular flexibility index (Phi) is 13.7. The van der Waals surface area contributed by atoms with Crippen molar-refractivity contribution in [3.63, 3.8) is 0 Å². The van der Waals surface area contributed by atoms with Gasteiger partial charge in [-0.15, -0.1) is 0 Å². The first-order valence-electron chi connectivity index (χ1n) is 13.3. The molecule has 192 valence electrons. The van der Waals surface area contributed by atoms with Crippen LogP contribution in [0.4, 0.5) is 0 Å². The molecule has 0 saturated heterocycles. The number of methoxy groups -OCH3 is 1. The number of carbonyl (C=O) groups is 1. The van der Waals surface area contributed by atoms with E-state index < -0.39 is 8.80 Å². The summed E-state index contributed by atoms with van der Waals surface area (Å²) in [6, 6.07) is 9.45. The van der Waals surface area contributed by atoms with Crippen LogP contribution in [0.2, 0.25) is 6.04 Å². The highest BCUT2D eigenvalue weighted by atomic mass is 28.4. The highest BCUT2D eigenvalue weighted by Gasteiger charge is 2.39. The Morgan fingerprint density at radius 3 is 1.97 bits per heavy atom. The molecule has 0 aromatic heterocycles. The van der Waals surface area contributed by atoms with Gasteiger partial charge < -0.3 is 18.0 Å². The lowest BCUT2D eigenvalue weighted by molar-refractivity contribution is -0.134. The summed E-state index contributed by atoms with van der Waals surface area (Å²) in [4.78, 5) is 11.2. The summed E-state index contributed by atoms with van der Waals surface area (Å²) in [5.74, 6) is 1.40. The number of benzene rings is 1. The number of esters is 1. The topological polar surface area (TPSA) is 54.0 Å². The van der Waals surface area contributed by atoms with Crippen LogP contribution in [-0.4, -0.2) is 41.7 Å². The van der Waals surface area contributed by atoms with E-state index in [1.165, 1.54) is 63.7 Å². The average molecular weight is 491 g/mol. The monoisotopic (exact) mass is 490 g/mol. The van der Waals surface area contributed by atoms with E-state index in [4.69, 9.17) is 13.3 Å². The molecule has 0 atom stereocenters. The molecular formula is C28H46O5Si. The molecular weight excluding hydrogens is 444 g/mol. The number of carbonyl (C=O) groups excluding carboxylic acids is 1. The molecule has 0 N–H and O–H groups in total. The van der Waals surface area contributed by atoms with Gasteiger partial charge >= 0.3 is 14.8 Å². The fraction of sp³-hybridized carbons (Fsp3) is 0.679. The predicted octanol–water partition coefficient (Wildman–Crippen LogP) is 6.83. The number of unbranched alkanes of at least 4 members (excludes halogenated alkanes) is 1. The number of hydrogen-bond donors (Lipinski definition) is 0. The van der Waals surface area contributed by atoms with Gasteiger partial charge in [0.15, 0.2) is 0 Å². The third-order valence-electron chi connectivity index (χ3n) is 6.84. The standard InChI is InChI=1S/C28H46O5Si/c1-5-31-34(32-6-2,33-7-3)23-9-8-10-24-11-13-25(14-12-24)15-16-26-17-19-27(20-18-26)21-22-28(29)30-4/h17-22,24-25H,5-16,23H2,1-4H3. The molecule has 1 aliphatic carbocycles. The largest absolute Gasteiger partial charge is 0.500 e. The Labute approximate surface area is 208 Å². The molecule has 1 saturated carbocycles. The van der Waals surface area contributed by atoms with Crippen LogP contribution >= 0.6 is 0 Å². The van der Waals surface area contributed by atoms with Gasteiger partial charge in [-0.25, -0.2) is 4.79 Å². The van der Waals surface area contributed by atoms with Gasteiger partial charge in [0.1, 0.15) is 0 Å². The first-order valence-corrected chi connectivity index (χ1v) is 15.2. The van der Waals surface area contributed by atoms with Crippen LogP contribution in [0.5, 0.6) is 0 Å². The van der Waals surface area contributed by atoms with Crippen LogP contribution in [0, 0.1) is 11.8 Å². The van der Waals surface area contributed by atoms with Crippen LogP contribution in [-0.2, 0) is 29.2 Å². The van der Waals surface area contributed by atoms with Gasteiger partial charge in [0.2, 0.25) is 0 Å². The van der Waals surface area contributed by atoms with Gasteiger partial charge in [0.05, 0.1) is 7.11 Å². The third kappa shape index (κ3) is 10.4. The van der Waals surface area contributed by atoms with Crippen molar-refractivity contribution in [3.8, 4) is 0 Å². The minimum absolute atomic E-state index is 0.323. The Hall–Kier alpha value is -1.47. The minimum atomic E-state index is -2.48. The summed E-state index contributed by atoms with van der Waals surface area (Å²) in [6.45, 7) is 8.06. The summed E-state index contributed by atoms with van der Waals surface area (Å²) in [5, 5.41) is 0. The Balaban J connectivity index is 1.65. The zero-order valence-electron chi connectivity index (χ0n) is 21.9. The quantitative estimate of drug-likeness (QED) is 0.110. The highest BCUT2D eigenvalue weighted by molar-refractivity contribution is 6.60. The van der Waals surface area contributed by atoms with E-state index >= 15 is 0 Å². The van der Waals surface area contributed by atoms with E-state index in [2.05, 4.69) is 29.0 Å². The molecule has 1 aromatic carbocycles. The van der Waals surface area contributed by atoms with E-state index in [0.717, 1.165) is 36.3 Å². The molecule has 1 fully saturated rings. The number of hydrogen-bond acceptors (Lipinski definition) is 5. The van der Waals surface area contributed by atoms with Crippen molar-refractivity contribution in [1.29, 1.82) is 0 Å². The van der Waals surface area contributed by atoms with Gasteiger partial charge in [0.25, 0.3) is 0 Å². The van der Waals surface area contributed by atoms with Crippen molar-refractivity contribution >= 4 is 20.8 Å². The molecule has 0 spiro atoms. The smallest absolute Gasteiger partial charge is 0.466 e. The van der Waals surface area contributed by atoms with Gasteiger partial charge in [-0.2, -0.15) is 0 Å². The van der Waals surface area contributed by atoms with E-state index in [9.17, 15) is 4.79 Å². The molecule has 6 heteroatoms. The van der Waals surface area contributed by atoms with Crippen LogP contribution in [0.1, 0.15) is 83.3 Å². The first-order chi connectivity index (χ1) is 16.5. The molecule has 1 aliphatic rings. The maximum atomic E-state index is 11.2. The fourth-order valence-electron chi connectivity index (χ4n) is 4.98. The van der Waals surface area contributed by atoms with E-state index in [1.807, 2.05) is 20.8 Å². The molecule has 0 aliphatic heterocycles. The summed E-state index contributed by atoms with van der Waals surface area (Å²) >= 11 is 0. The lowest BCUT2D eigenvalue weighted by Gasteiger charge is -2.30. The second-order valence-corrected chi connectivity index (χ2v) is 12.0. The summed E-state index contributed by atoms with van der Waals surface area (Å²) in [7, 11) is -1.08. The Bertz CT molecular complexity index is 693. The van der Waals surface area contributed by atoms with Crippen molar-refractivity contribution < 1.29 is 22.8 Å². The number of rotatable bonds is 16. The van der Waals surface area contributed by atoms with Crippen molar-refractivity contribution in [2.75, 3.05) is 26.9 Å². The lowest BCUT2D eigenvalue weighted by atomic mass is 9.78. The predicted molar refractivity (Wildman–Crippen MR) is 141 cm³/mol. The van der Waals surface area contributed by atoms with Crippen molar-refractivity contribution in [2.45, 2.75) is 84.6 Å². The summed E-state index contributed by atoms with van der Waals surface area (Å²) in [6.07, 6.45) is 14.8. The minimum Gasteiger partial charge on any atom is -0.466 e. The van der Waals surface area contributed by atoms with Crippen molar-refractivity contribution in [2.24, 2.45) is 11.8 Å². The molecule has 0 amide bonds. The molecule has 0 bridgehead atoms. The van der Waals surface area contributed by atoms with E-state index in [1.54, 1.807) is 6.08 Å². The van der Waals surface area contributed by atoms with Crippen molar-refractivity contribution in [3.05, 3.63) is 41.5 Å². The van der Waals surface area contributed by atoms with Crippen LogP contribution in [0.15, 0.2) is 30.3 Å². The second-order valence-electron chi connectivity index (χ2n) is 9.25. The first kappa shape index (κ1) is 28.8. The third-order valence-corrected chi connectivity index (χ3v) is 9.99. The van der Waals surface area contributed by atoms with Gasteiger partial charge in [-0.1, -0.05) is 62.8 Å². The normalized spacial score (nSPS) is 18.9. The maximum absolute atomic E-state index is 11.2. The zero-order valence-corrected chi connectivity index (χ0v) is 22.9. The zero-order chi connectivity index (χ0) is 24.7. The van der Waals surface area contributed by atoms with Gasteiger partial charge in [-0.3, -0.25) is 0 Å². The van der Waals surface area contributed by atoms with Crippen LogP contribution in [0.3, 0.4) is 0 Å².